The lowest BCUT2D eigenvalue weighted by atomic mass is 9.50. The molecular weight excluding hydrogens is 272 g/mol. The van der Waals surface area contributed by atoms with Crippen molar-refractivity contribution in [2.24, 2.45) is 35.0 Å². The first-order valence-corrected chi connectivity index (χ1v) is 9.99. The van der Waals surface area contributed by atoms with Gasteiger partial charge >= 0.3 is 0 Å². The number of fused-ring (bicyclic) bond motifs is 7. The summed E-state index contributed by atoms with van der Waals surface area (Å²) in [6.07, 6.45) is 14.0. The Balaban J connectivity index is 1.39. The van der Waals surface area contributed by atoms with Gasteiger partial charge in [0.1, 0.15) is 0 Å². The summed E-state index contributed by atoms with van der Waals surface area (Å²) in [6, 6.07) is 0. The highest BCUT2D eigenvalue weighted by Crippen LogP contribution is 2.62. The van der Waals surface area contributed by atoms with Crippen LogP contribution in [0.5, 0.6) is 0 Å². The lowest BCUT2D eigenvalue weighted by Gasteiger charge is -2.57. The van der Waals surface area contributed by atoms with Gasteiger partial charge in [0.15, 0.2) is 0 Å². The number of hydrogen-bond acceptors (Lipinski definition) is 2. The molecule has 1 heterocycles. The number of ether oxygens (including phenoxy) is 2. The van der Waals surface area contributed by atoms with E-state index in [1.807, 2.05) is 0 Å². The molecule has 0 amide bonds. The molecule has 5 aliphatic rings. The quantitative estimate of drug-likeness (QED) is 0.659. The van der Waals surface area contributed by atoms with Gasteiger partial charge in [-0.1, -0.05) is 13.3 Å². The summed E-state index contributed by atoms with van der Waals surface area (Å²) in [7, 11) is 0. The Labute approximate surface area is 135 Å². The fourth-order valence-electron chi connectivity index (χ4n) is 7.60. The van der Waals surface area contributed by atoms with E-state index in [-0.39, 0.29) is 0 Å². The van der Waals surface area contributed by atoms with Crippen LogP contribution in [-0.4, -0.2) is 25.4 Å². The maximum atomic E-state index is 6.21. The van der Waals surface area contributed by atoms with E-state index in [2.05, 4.69) is 6.92 Å². The summed E-state index contributed by atoms with van der Waals surface area (Å²) in [5.74, 6) is 4.87. The molecule has 0 aromatic rings. The molecule has 5 fully saturated rings. The predicted octanol–water partition coefficient (Wildman–Crippen LogP) is 4.42. The van der Waals surface area contributed by atoms with Crippen LogP contribution in [0, 0.1) is 35.0 Å². The number of rotatable bonds is 0. The zero-order chi connectivity index (χ0) is 14.7. The van der Waals surface area contributed by atoms with Crippen LogP contribution in [0.4, 0.5) is 0 Å². The molecule has 4 aliphatic carbocycles. The first-order chi connectivity index (χ1) is 10.8. The third-order valence-electron chi connectivity index (χ3n) is 8.51. The highest BCUT2D eigenvalue weighted by Gasteiger charge is 2.55. The van der Waals surface area contributed by atoms with Gasteiger partial charge in [0.05, 0.1) is 25.4 Å². The minimum Gasteiger partial charge on any atom is -0.373 e. The second-order valence-corrected chi connectivity index (χ2v) is 9.25. The lowest BCUT2D eigenvalue weighted by molar-refractivity contribution is -0.205. The van der Waals surface area contributed by atoms with E-state index in [9.17, 15) is 0 Å². The van der Waals surface area contributed by atoms with Gasteiger partial charge in [0, 0.05) is 0 Å². The summed E-state index contributed by atoms with van der Waals surface area (Å²) in [5, 5.41) is 0. The van der Waals surface area contributed by atoms with E-state index >= 15 is 0 Å². The third kappa shape index (κ3) is 1.99. The van der Waals surface area contributed by atoms with Crippen LogP contribution in [0.15, 0.2) is 0 Å². The fraction of sp³-hybridized carbons (Fsp3) is 1.00. The molecule has 0 N–H and O–H groups in total. The van der Waals surface area contributed by atoms with Crippen molar-refractivity contribution < 1.29 is 9.47 Å². The van der Waals surface area contributed by atoms with Crippen molar-refractivity contribution >= 4 is 0 Å². The van der Waals surface area contributed by atoms with Crippen molar-refractivity contribution in [3.63, 3.8) is 0 Å². The highest BCUT2D eigenvalue weighted by molar-refractivity contribution is 5.05. The van der Waals surface area contributed by atoms with Gasteiger partial charge in [-0.05, 0) is 86.4 Å². The van der Waals surface area contributed by atoms with Crippen LogP contribution >= 0.6 is 0 Å². The van der Waals surface area contributed by atoms with Gasteiger partial charge in [-0.3, -0.25) is 0 Å². The molecule has 3 unspecified atom stereocenters. The van der Waals surface area contributed by atoms with Crippen molar-refractivity contribution in [2.75, 3.05) is 13.2 Å². The zero-order valence-corrected chi connectivity index (χ0v) is 14.1. The Hall–Kier alpha value is -0.0800. The smallest absolute Gasteiger partial charge is 0.0868 e. The largest absolute Gasteiger partial charge is 0.373 e. The minimum atomic E-state index is 0.423. The molecule has 2 nitrogen and oxygen atoms in total. The van der Waals surface area contributed by atoms with Crippen molar-refractivity contribution in [3.05, 3.63) is 0 Å². The Morgan fingerprint density at radius 3 is 2.45 bits per heavy atom. The molecule has 5 rings (SSSR count). The average Bonchev–Trinajstić information content (AvgIpc) is 2.96. The molecule has 0 spiro atoms. The fourth-order valence-corrected chi connectivity index (χ4v) is 7.60. The second kappa shape index (κ2) is 5.21. The Morgan fingerprint density at radius 2 is 1.50 bits per heavy atom. The van der Waals surface area contributed by atoms with Crippen molar-refractivity contribution in [1.29, 1.82) is 0 Å². The maximum Gasteiger partial charge on any atom is 0.0868 e. The lowest BCUT2D eigenvalue weighted by Crippen LogP contribution is -2.55. The van der Waals surface area contributed by atoms with Crippen LogP contribution in [0.3, 0.4) is 0 Å². The van der Waals surface area contributed by atoms with E-state index in [0.717, 1.165) is 42.8 Å². The minimum absolute atomic E-state index is 0.423. The van der Waals surface area contributed by atoms with Crippen LogP contribution in [0.1, 0.15) is 64.7 Å². The summed E-state index contributed by atoms with van der Waals surface area (Å²) < 4.78 is 12.2. The van der Waals surface area contributed by atoms with Crippen LogP contribution in [0.25, 0.3) is 0 Å². The van der Waals surface area contributed by atoms with Crippen LogP contribution in [0.2, 0.25) is 0 Å². The SMILES string of the molecule is C[C@@]12CCC[C@H]1[C@@H]1CCC3C4OCCOC4CC[C@@H]3[C@H]1CC2. The van der Waals surface area contributed by atoms with E-state index < -0.39 is 0 Å². The van der Waals surface area contributed by atoms with Crippen LogP contribution < -0.4 is 0 Å². The second-order valence-electron chi connectivity index (χ2n) is 9.25. The summed E-state index contributed by atoms with van der Waals surface area (Å²) >= 11 is 0. The number of hydrogen-bond donors (Lipinski definition) is 0. The van der Waals surface area contributed by atoms with Crippen LogP contribution in [-0.2, 0) is 9.47 Å². The summed E-state index contributed by atoms with van der Waals surface area (Å²) in [5.41, 5.74) is 0.704. The van der Waals surface area contributed by atoms with Crippen molar-refractivity contribution in [2.45, 2.75) is 76.9 Å². The Bertz CT molecular complexity index is 435. The molecule has 1 saturated heterocycles. The predicted molar refractivity (Wildman–Crippen MR) is 86.6 cm³/mol. The molecule has 2 heteroatoms. The van der Waals surface area contributed by atoms with Gasteiger partial charge in [-0.15, -0.1) is 0 Å². The van der Waals surface area contributed by atoms with Gasteiger partial charge in [-0.25, -0.2) is 0 Å². The summed E-state index contributed by atoms with van der Waals surface area (Å²) in [4.78, 5) is 0. The molecule has 22 heavy (non-hydrogen) atoms. The topological polar surface area (TPSA) is 18.5 Å². The van der Waals surface area contributed by atoms with Gasteiger partial charge in [-0.2, -0.15) is 0 Å². The molecule has 0 bridgehead atoms. The van der Waals surface area contributed by atoms with Crippen molar-refractivity contribution in [1.82, 2.24) is 0 Å². The summed E-state index contributed by atoms with van der Waals surface area (Å²) in [6.45, 7) is 4.27. The molecular formula is C20H32O2. The van der Waals surface area contributed by atoms with E-state index in [1.165, 1.54) is 57.8 Å². The Morgan fingerprint density at radius 1 is 0.727 bits per heavy atom. The van der Waals surface area contributed by atoms with E-state index in [1.54, 1.807) is 0 Å². The van der Waals surface area contributed by atoms with E-state index in [4.69, 9.17) is 9.47 Å². The maximum absolute atomic E-state index is 6.21. The van der Waals surface area contributed by atoms with Gasteiger partial charge in [0.25, 0.3) is 0 Å². The molecule has 0 aromatic carbocycles. The molecule has 1 aliphatic heterocycles. The molecule has 8 atom stereocenters. The monoisotopic (exact) mass is 304 g/mol. The molecule has 4 saturated carbocycles. The highest BCUT2D eigenvalue weighted by atomic mass is 16.6. The first kappa shape index (κ1) is 14.3. The molecule has 0 aromatic heterocycles. The molecule has 0 radical (unpaired) electrons. The third-order valence-corrected chi connectivity index (χ3v) is 8.51. The Kier molecular flexibility index (Phi) is 3.38. The normalized spacial score (nSPS) is 57.4. The van der Waals surface area contributed by atoms with Gasteiger partial charge < -0.3 is 9.47 Å². The zero-order valence-electron chi connectivity index (χ0n) is 14.1. The van der Waals surface area contributed by atoms with E-state index in [0.29, 0.717) is 17.6 Å². The van der Waals surface area contributed by atoms with Crippen molar-refractivity contribution in [3.8, 4) is 0 Å². The molecule has 124 valence electrons. The van der Waals surface area contributed by atoms with Gasteiger partial charge in [0.2, 0.25) is 0 Å². The first-order valence-electron chi connectivity index (χ1n) is 9.99. The average molecular weight is 304 g/mol. The standard InChI is InChI=1S/C20H32O2/c1-20-9-2-3-17(20)15-4-5-16-13(14(15)8-10-20)6-7-18-19(16)22-12-11-21-18/h13-19H,2-12H2,1H3/t13-,14-,15-,16?,17+,18?,19?,20+/m1/s1.